The first-order chi connectivity index (χ1) is 14.9. The van der Waals surface area contributed by atoms with Gasteiger partial charge in [-0.3, -0.25) is 9.69 Å². The van der Waals surface area contributed by atoms with Gasteiger partial charge in [-0.1, -0.05) is 50.1 Å². The molecule has 4 nitrogen and oxygen atoms in total. The highest BCUT2D eigenvalue weighted by molar-refractivity contribution is 6.30. The number of epoxide rings is 1. The van der Waals surface area contributed by atoms with Crippen molar-refractivity contribution in [3.63, 3.8) is 0 Å². The molecule has 0 N–H and O–H groups in total. The van der Waals surface area contributed by atoms with Crippen LogP contribution in [0, 0.1) is 23.2 Å². The van der Waals surface area contributed by atoms with Gasteiger partial charge in [-0.25, -0.2) is 0 Å². The number of hydrogen-bond donors (Lipinski definition) is 0. The monoisotopic (exact) mass is 441 g/mol. The number of ether oxygens (including phenoxy) is 2. The fourth-order valence-electron chi connectivity index (χ4n) is 7.52. The quantitative estimate of drug-likeness (QED) is 0.491. The lowest BCUT2D eigenvalue weighted by molar-refractivity contribution is -0.146. The zero-order valence-electron chi connectivity index (χ0n) is 18.5. The molecule has 166 valence electrons. The summed E-state index contributed by atoms with van der Waals surface area (Å²) in [6.45, 7) is 7.38. The molecular weight excluding hydrogens is 410 g/mol. The molecule has 0 unspecified atom stereocenters. The number of benzene rings is 1. The van der Waals surface area contributed by atoms with Crippen LogP contribution in [0.2, 0.25) is 5.02 Å². The predicted molar refractivity (Wildman–Crippen MR) is 121 cm³/mol. The van der Waals surface area contributed by atoms with Crippen LogP contribution < -0.4 is 0 Å². The van der Waals surface area contributed by atoms with E-state index in [1.165, 1.54) is 30.4 Å². The van der Waals surface area contributed by atoms with Gasteiger partial charge in [-0.15, -0.1) is 0 Å². The van der Waals surface area contributed by atoms with Gasteiger partial charge < -0.3 is 9.47 Å². The lowest BCUT2D eigenvalue weighted by Gasteiger charge is -2.49. The van der Waals surface area contributed by atoms with Crippen molar-refractivity contribution in [2.24, 2.45) is 23.2 Å². The van der Waals surface area contributed by atoms with Crippen LogP contribution in [-0.4, -0.2) is 48.3 Å². The molecule has 0 aromatic heterocycles. The average Bonchev–Trinajstić information content (AvgIpc) is 3.44. The van der Waals surface area contributed by atoms with Crippen LogP contribution in [0.15, 0.2) is 30.3 Å². The second-order valence-electron chi connectivity index (χ2n) is 10.8. The Balaban J connectivity index is 1.17. The third-order valence-corrected chi connectivity index (χ3v) is 9.41. The van der Waals surface area contributed by atoms with Crippen molar-refractivity contribution in [1.29, 1.82) is 0 Å². The summed E-state index contributed by atoms with van der Waals surface area (Å²) in [5.41, 5.74) is 2.76. The molecule has 7 atom stereocenters. The number of hydrogen-bond acceptors (Lipinski definition) is 4. The lowest BCUT2D eigenvalue weighted by atomic mass is 9.53. The maximum atomic E-state index is 13.0. The van der Waals surface area contributed by atoms with E-state index in [4.69, 9.17) is 21.1 Å². The minimum atomic E-state index is -0.0569. The highest BCUT2D eigenvalue weighted by atomic mass is 35.5. The zero-order chi connectivity index (χ0) is 21.4. The maximum absolute atomic E-state index is 13.0. The van der Waals surface area contributed by atoms with Gasteiger partial charge in [0.1, 0.15) is 11.7 Å². The first-order valence-electron chi connectivity index (χ1n) is 12.0. The largest absolute Gasteiger partial charge is 0.462 e. The Kier molecular flexibility index (Phi) is 4.62. The third-order valence-electron chi connectivity index (χ3n) is 9.16. The second kappa shape index (κ2) is 7.07. The van der Waals surface area contributed by atoms with Gasteiger partial charge in [-0.2, -0.15) is 0 Å². The van der Waals surface area contributed by atoms with Gasteiger partial charge in [0.25, 0.3) is 0 Å². The van der Waals surface area contributed by atoms with Crippen LogP contribution in [0.3, 0.4) is 0 Å². The van der Waals surface area contributed by atoms with Gasteiger partial charge in [0.15, 0.2) is 0 Å². The van der Waals surface area contributed by atoms with Crippen LogP contribution in [0.25, 0.3) is 5.57 Å². The minimum Gasteiger partial charge on any atom is -0.462 e. The van der Waals surface area contributed by atoms with Crippen molar-refractivity contribution in [3.8, 4) is 0 Å². The Morgan fingerprint density at radius 2 is 2.06 bits per heavy atom. The van der Waals surface area contributed by atoms with Crippen molar-refractivity contribution in [3.05, 3.63) is 40.9 Å². The average molecular weight is 442 g/mol. The van der Waals surface area contributed by atoms with E-state index in [1.807, 2.05) is 12.1 Å². The van der Waals surface area contributed by atoms with Crippen molar-refractivity contribution < 1.29 is 14.3 Å². The summed E-state index contributed by atoms with van der Waals surface area (Å²) in [5, 5.41) is 0.770. The van der Waals surface area contributed by atoms with Crippen LogP contribution in [0.1, 0.15) is 51.5 Å². The van der Waals surface area contributed by atoms with Crippen molar-refractivity contribution in [1.82, 2.24) is 4.90 Å². The van der Waals surface area contributed by atoms with Crippen molar-refractivity contribution >= 4 is 23.1 Å². The smallest absolute Gasteiger partial charge is 0.311 e. The summed E-state index contributed by atoms with van der Waals surface area (Å²) in [4.78, 5) is 15.4. The molecule has 5 heteroatoms. The Labute approximate surface area is 189 Å². The number of rotatable bonds is 3. The van der Waals surface area contributed by atoms with E-state index in [1.54, 1.807) is 0 Å². The molecule has 3 heterocycles. The van der Waals surface area contributed by atoms with E-state index in [0.29, 0.717) is 5.92 Å². The topological polar surface area (TPSA) is 42.1 Å². The summed E-state index contributed by atoms with van der Waals surface area (Å²) in [7, 11) is 0. The Morgan fingerprint density at radius 1 is 1.26 bits per heavy atom. The Hall–Kier alpha value is -1.36. The van der Waals surface area contributed by atoms with Gasteiger partial charge in [0.05, 0.1) is 12.0 Å². The lowest BCUT2D eigenvalue weighted by Crippen LogP contribution is -2.54. The highest BCUT2D eigenvalue weighted by Gasteiger charge is 2.78. The standard InChI is InChI=1S/C26H32ClNO3/c1-16-4-3-11-25(2)14-21-22(23-26(16,25)31-23)20(24(29)30-21)15-28-12-9-18(10-13-28)17-5-7-19(27)8-6-17/h5-9,16,20-23H,3-4,10-15H2,1-2H3/t16-,20+,21+,22+,23-,25+,26-/m0/s1. The molecule has 1 aromatic rings. The summed E-state index contributed by atoms with van der Waals surface area (Å²) in [6, 6.07) is 8.09. The third kappa shape index (κ3) is 2.98. The van der Waals surface area contributed by atoms with Crippen molar-refractivity contribution in [2.45, 2.75) is 63.8 Å². The number of halogens is 1. The molecule has 4 fully saturated rings. The summed E-state index contributed by atoms with van der Waals surface area (Å²) in [5.74, 6) is 0.748. The van der Waals surface area contributed by atoms with Crippen LogP contribution >= 0.6 is 11.6 Å². The van der Waals surface area contributed by atoms with E-state index in [2.05, 4.69) is 37.0 Å². The minimum absolute atomic E-state index is 0.00280. The second-order valence-corrected chi connectivity index (χ2v) is 11.2. The summed E-state index contributed by atoms with van der Waals surface area (Å²) < 4.78 is 12.6. The van der Waals surface area contributed by atoms with E-state index in [0.717, 1.165) is 37.5 Å². The number of fused-ring (bicyclic) bond motifs is 2. The predicted octanol–water partition coefficient (Wildman–Crippen LogP) is 4.95. The molecule has 5 aliphatic rings. The number of nitrogens with zero attached hydrogens (tertiary/aromatic N) is 1. The first kappa shape index (κ1) is 20.3. The number of esters is 1. The molecule has 1 aromatic carbocycles. The molecule has 2 aliphatic carbocycles. The summed E-state index contributed by atoms with van der Waals surface area (Å²) >= 11 is 6.03. The van der Waals surface area contributed by atoms with Crippen LogP contribution in [-0.2, 0) is 14.3 Å². The van der Waals surface area contributed by atoms with Crippen LogP contribution in [0.4, 0.5) is 0 Å². The first-order valence-corrected chi connectivity index (χ1v) is 12.3. The zero-order valence-corrected chi connectivity index (χ0v) is 19.2. The molecule has 6 rings (SSSR count). The molecule has 1 spiro atoms. The normalized spacial score (nSPS) is 44.0. The van der Waals surface area contributed by atoms with E-state index < -0.39 is 0 Å². The molecular formula is C26H32ClNO3. The molecule has 2 saturated heterocycles. The van der Waals surface area contributed by atoms with E-state index >= 15 is 0 Å². The van der Waals surface area contributed by atoms with Gasteiger partial charge in [0.2, 0.25) is 0 Å². The van der Waals surface area contributed by atoms with Crippen molar-refractivity contribution in [2.75, 3.05) is 19.6 Å². The molecule has 2 saturated carbocycles. The Bertz CT molecular complexity index is 929. The van der Waals surface area contributed by atoms with Gasteiger partial charge >= 0.3 is 5.97 Å². The molecule has 0 amide bonds. The van der Waals surface area contributed by atoms with Gasteiger partial charge in [-0.05, 0) is 54.9 Å². The van der Waals surface area contributed by atoms with Gasteiger partial charge in [0, 0.05) is 36.0 Å². The molecule has 0 radical (unpaired) electrons. The molecule has 0 bridgehead atoms. The fraction of sp³-hybridized carbons (Fsp3) is 0.654. The SMILES string of the molecule is C[C@H]1CCC[C@]2(C)C[C@H]3OC(=O)[C@H](CN4CC=C(c5ccc(Cl)cc5)CC4)[C@H]3[C@@H]3O[C@@]132. The van der Waals surface area contributed by atoms with E-state index in [9.17, 15) is 4.79 Å². The van der Waals surface area contributed by atoms with E-state index in [-0.39, 0.29) is 41.0 Å². The molecule has 3 aliphatic heterocycles. The van der Waals surface area contributed by atoms with Crippen LogP contribution in [0.5, 0.6) is 0 Å². The summed E-state index contributed by atoms with van der Waals surface area (Å²) in [6.07, 6.45) is 8.22. The fourth-order valence-corrected chi connectivity index (χ4v) is 7.65. The number of carbonyl (C=O) groups is 1. The number of carbonyl (C=O) groups excluding carboxylic acids is 1. The molecule has 31 heavy (non-hydrogen) atoms. The maximum Gasteiger partial charge on any atom is 0.311 e. The Morgan fingerprint density at radius 3 is 2.81 bits per heavy atom. The highest BCUT2D eigenvalue weighted by Crippen LogP contribution is 2.70.